The van der Waals surface area contributed by atoms with Gasteiger partial charge in [-0.15, -0.1) is 0 Å². The van der Waals surface area contributed by atoms with Crippen molar-refractivity contribution >= 4 is 46.9 Å². The summed E-state index contributed by atoms with van der Waals surface area (Å²) in [4.78, 5) is 38.6. The molecule has 0 atom stereocenters. The minimum atomic E-state index is -0.647. The van der Waals surface area contributed by atoms with Gasteiger partial charge in [0.05, 0.1) is 18.4 Å². The second-order valence-electron chi connectivity index (χ2n) is 7.64. The summed E-state index contributed by atoms with van der Waals surface area (Å²) in [6.07, 6.45) is 1.49. The maximum absolute atomic E-state index is 13.7. The lowest BCUT2D eigenvalue weighted by atomic mass is 10.1. The van der Waals surface area contributed by atoms with E-state index in [1.807, 2.05) is 24.5 Å². The van der Waals surface area contributed by atoms with E-state index in [1.54, 1.807) is 24.3 Å². The number of rotatable bonds is 4. The fourth-order valence-electron chi connectivity index (χ4n) is 3.86. The Labute approximate surface area is 200 Å². The number of aryl methyl sites for hydroxylation is 1. The van der Waals surface area contributed by atoms with Gasteiger partial charge in [0.1, 0.15) is 11.4 Å². The van der Waals surface area contributed by atoms with Crippen LogP contribution in [-0.2, 0) is 14.3 Å². The smallest absolute Gasteiger partial charge is 0.337 e. The minimum absolute atomic E-state index is 0.117. The molecule has 7 nitrogen and oxygen atoms in total. The summed E-state index contributed by atoms with van der Waals surface area (Å²) in [6.45, 7) is 3.74. The predicted molar refractivity (Wildman–Crippen MR) is 129 cm³/mol. The SMILES string of the molecule is COC(=O)c1ccc(-n2c(C)cc(/C=C3\C(=O)NC(=S)N(c4cccc(F)c4)C3=O)c2C)cc1. The van der Waals surface area contributed by atoms with Crippen LogP contribution in [0, 0.1) is 19.7 Å². The van der Waals surface area contributed by atoms with Gasteiger partial charge in [0.2, 0.25) is 0 Å². The molecular weight excluding hydrogens is 457 g/mol. The Balaban J connectivity index is 1.72. The van der Waals surface area contributed by atoms with Crippen LogP contribution >= 0.6 is 12.2 Å². The number of nitrogens with zero attached hydrogens (tertiary/aromatic N) is 2. The van der Waals surface area contributed by atoms with Gasteiger partial charge in [-0.05, 0) is 86.2 Å². The molecule has 1 aliphatic heterocycles. The van der Waals surface area contributed by atoms with Crippen molar-refractivity contribution in [2.24, 2.45) is 0 Å². The van der Waals surface area contributed by atoms with E-state index >= 15 is 0 Å². The largest absolute Gasteiger partial charge is 0.465 e. The zero-order valence-corrected chi connectivity index (χ0v) is 19.4. The van der Waals surface area contributed by atoms with Crippen molar-refractivity contribution in [1.82, 2.24) is 9.88 Å². The Morgan fingerprint density at radius 1 is 1.06 bits per heavy atom. The monoisotopic (exact) mass is 477 g/mol. The van der Waals surface area contributed by atoms with E-state index in [2.05, 4.69) is 5.32 Å². The van der Waals surface area contributed by atoms with Gasteiger partial charge in [-0.1, -0.05) is 6.07 Å². The Hall–Kier alpha value is -4.11. The molecule has 0 spiro atoms. The Morgan fingerprint density at radius 3 is 2.41 bits per heavy atom. The van der Waals surface area contributed by atoms with E-state index in [9.17, 15) is 18.8 Å². The first-order valence-corrected chi connectivity index (χ1v) is 10.7. The Morgan fingerprint density at radius 2 is 1.76 bits per heavy atom. The van der Waals surface area contributed by atoms with Crippen molar-refractivity contribution in [2.75, 3.05) is 12.0 Å². The van der Waals surface area contributed by atoms with Crippen LogP contribution in [0.25, 0.3) is 11.8 Å². The minimum Gasteiger partial charge on any atom is -0.465 e. The Kier molecular flexibility index (Phi) is 6.12. The molecule has 0 bridgehead atoms. The number of esters is 1. The number of benzene rings is 2. The van der Waals surface area contributed by atoms with Crippen molar-refractivity contribution in [2.45, 2.75) is 13.8 Å². The second kappa shape index (κ2) is 9.03. The highest BCUT2D eigenvalue weighted by molar-refractivity contribution is 7.80. The molecule has 1 fully saturated rings. The molecule has 172 valence electrons. The van der Waals surface area contributed by atoms with Gasteiger partial charge in [-0.3, -0.25) is 19.8 Å². The summed E-state index contributed by atoms with van der Waals surface area (Å²) in [6, 6.07) is 14.1. The molecule has 2 aromatic carbocycles. The molecule has 0 aliphatic carbocycles. The molecule has 1 saturated heterocycles. The number of nitrogens with one attached hydrogen (secondary N) is 1. The van der Waals surface area contributed by atoms with Gasteiger partial charge >= 0.3 is 5.97 Å². The fraction of sp³-hybridized carbons (Fsp3) is 0.120. The molecule has 1 N–H and O–H groups in total. The quantitative estimate of drug-likeness (QED) is 0.267. The van der Waals surface area contributed by atoms with Crippen molar-refractivity contribution in [3.05, 3.63) is 88.5 Å². The molecular formula is C25H20FN3O4S. The molecule has 9 heteroatoms. The number of amides is 2. The molecule has 0 saturated carbocycles. The van der Waals surface area contributed by atoms with E-state index in [4.69, 9.17) is 17.0 Å². The first-order valence-electron chi connectivity index (χ1n) is 10.3. The Bertz CT molecular complexity index is 1380. The lowest BCUT2D eigenvalue weighted by Gasteiger charge is -2.28. The van der Waals surface area contributed by atoms with E-state index in [0.29, 0.717) is 11.1 Å². The number of hydrogen-bond donors (Lipinski definition) is 1. The van der Waals surface area contributed by atoms with Gasteiger partial charge < -0.3 is 9.30 Å². The molecule has 3 aromatic rings. The number of hydrogen-bond acceptors (Lipinski definition) is 5. The number of ether oxygens (including phenoxy) is 1. The summed E-state index contributed by atoms with van der Waals surface area (Å²) in [7, 11) is 1.32. The standard InChI is InChI=1S/C25H20FN3O4S/c1-14-11-17(15(2)28(14)19-9-7-16(8-10-19)24(32)33-3)12-21-22(30)27-25(34)29(23(21)31)20-6-4-5-18(26)13-20/h4-13H,1-3H3,(H,27,30,34)/b21-12+. The lowest BCUT2D eigenvalue weighted by molar-refractivity contribution is -0.122. The first kappa shape index (κ1) is 23.1. The van der Waals surface area contributed by atoms with Crippen molar-refractivity contribution in [1.29, 1.82) is 0 Å². The van der Waals surface area contributed by atoms with Crippen LogP contribution in [0.2, 0.25) is 0 Å². The van der Waals surface area contributed by atoms with E-state index in [-0.39, 0.29) is 16.4 Å². The average molecular weight is 478 g/mol. The third-order valence-electron chi connectivity index (χ3n) is 5.48. The zero-order chi connectivity index (χ0) is 24.6. The highest BCUT2D eigenvalue weighted by Crippen LogP contribution is 2.26. The molecule has 1 aliphatic rings. The number of thiocarbonyl (C=S) groups is 1. The number of carbonyl (C=O) groups is 3. The summed E-state index contributed by atoms with van der Waals surface area (Å²) < 4.78 is 20.4. The number of anilines is 1. The predicted octanol–water partition coefficient (Wildman–Crippen LogP) is 3.85. The maximum atomic E-state index is 13.7. The topological polar surface area (TPSA) is 80.6 Å². The zero-order valence-electron chi connectivity index (χ0n) is 18.6. The summed E-state index contributed by atoms with van der Waals surface area (Å²) in [5.74, 6) is -2.24. The summed E-state index contributed by atoms with van der Waals surface area (Å²) in [5.41, 5.74) is 3.61. The average Bonchev–Trinajstić information content (AvgIpc) is 3.08. The molecule has 0 radical (unpaired) electrons. The van der Waals surface area contributed by atoms with Crippen LogP contribution < -0.4 is 10.2 Å². The van der Waals surface area contributed by atoms with Gasteiger partial charge in [-0.25, -0.2) is 9.18 Å². The molecule has 34 heavy (non-hydrogen) atoms. The number of methoxy groups -OCH3 is 1. The molecule has 4 rings (SSSR count). The van der Waals surface area contributed by atoms with E-state index in [1.165, 1.54) is 37.5 Å². The number of aromatic nitrogens is 1. The van der Waals surface area contributed by atoms with Crippen molar-refractivity contribution in [3.8, 4) is 5.69 Å². The summed E-state index contributed by atoms with van der Waals surface area (Å²) in [5, 5.41) is 2.38. The highest BCUT2D eigenvalue weighted by atomic mass is 32.1. The summed E-state index contributed by atoms with van der Waals surface area (Å²) >= 11 is 5.16. The van der Waals surface area contributed by atoms with Crippen molar-refractivity contribution < 1.29 is 23.5 Å². The number of carbonyl (C=O) groups excluding carboxylic acids is 3. The van der Waals surface area contributed by atoms with Crippen LogP contribution in [0.4, 0.5) is 10.1 Å². The first-order chi connectivity index (χ1) is 16.2. The third kappa shape index (κ3) is 4.13. The molecule has 1 aromatic heterocycles. The normalized spacial score (nSPS) is 15.0. The van der Waals surface area contributed by atoms with Crippen LogP contribution in [0.3, 0.4) is 0 Å². The molecule has 2 heterocycles. The number of halogens is 1. The van der Waals surface area contributed by atoms with Gasteiger partial charge in [-0.2, -0.15) is 0 Å². The van der Waals surface area contributed by atoms with Gasteiger partial charge in [0, 0.05) is 17.1 Å². The van der Waals surface area contributed by atoms with Gasteiger partial charge in [0.15, 0.2) is 5.11 Å². The maximum Gasteiger partial charge on any atom is 0.337 e. The van der Waals surface area contributed by atoms with E-state index < -0.39 is 23.6 Å². The van der Waals surface area contributed by atoms with Crippen LogP contribution in [-0.4, -0.2) is 34.6 Å². The second-order valence-corrected chi connectivity index (χ2v) is 8.02. The van der Waals surface area contributed by atoms with E-state index in [0.717, 1.165) is 22.0 Å². The van der Waals surface area contributed by atoms with Crippen molar-refractivity contribution in [3.63, 3.8) is 0 Å². The lowest BCUT2D eigenvalue weighted by Crippen LogP contribution is -2.54. The molecule has 2 amide bonds. The van der Waals surface area contributed by atoms with Crippen LogP contribution in [0.1, 0.15) is 27.3 Å². The fourth-order valence-corrected chi connectivity index (χ4v) is 4.14. The van der Waals surface area contributed by atoms with Crippen LogP contribution in [0.5, 0.6) is 0 Å². The van der Waals surface area contributed by atoms with Gasteiger partial charge in [0.25, 0.3) is 11.8 Å². The third-order valence-corrected chi connectivity index (χ3v) is 5.77. The highest BCUT2D eigenvalue weighted by Gasteiger charge is 2.35. The molecule has 0 unspecified atom stereocenters. The van der Waals surface area contributed by atoms with Crippen LogP contribution in [0.15, 0.2) is 60.2 Å².